The molecule has 2 atom stereocenters. The Bertz CT molecular complexity index is 1320. The van der Waals surface area contributed by atoms with Crippen LogP contribution in [0.15, 0.2) is 65.7 Å². The first-order valence-corrected chi connectivity index (χ1v) is 10.3. The number of hydrogen-bond donors (Lipinski definition) is 3. The van der Waals surface area contributed by atoms with E-state index in [4.69, 9.17) is 23.2 Å². The van der Waals surface area contributed by atoms with Gasteiger partial charge in [-0.05, 0) is 36.4 Å². The highest BCUT2D eigenvalue weighted by atomic mass is 35.5. The van der Waals surface area contributed by atoms with Crippen LogP contribution in [0, 0.1) is 5.92 Å². The van der Waals surface area contributed by atoms with Crippen LogP contribution in [-0.4, -0.2) is 38.0 Å². The Hall–Kier alpha value is -3.09. The Balaban J connectivity index is 1.36. The van der Waals surface area contributed by atoms with Gasteiger partial charge in [-0.2, -0.15) is 5.10 Å². The monoisotopic (exact) mass is 437 g/mol. The molecule has 2 aromatic carbocycles. The van der Waals surface area contributed by atoms with E-state index in [2.05, 4.69) is 25.5 Å². The van der Waals surface area contributed by atoms with Gasteiger partial charge >= 0.3 is 0 Å². The summed E-state index contributed by atoms with van der Waals surface area (Å²) in [5.41, 5.74) is 3.77. The maximum atomic E-state index is 12.6. The van der Waals surface area contributed by atoms with Crippen molar-refractivity contribution >= 4 is 51.0 Å². The van der Waals surface area contributed by atoms with Gasteiger partial charge in [0.25, 0.3) is 5.91 Å². The van der Waals surface area contributed by atoms with Crippen LogP contribution >= 0.6 is 23.2 Å². The van der Waals surface area contributed by atoms with E-state index >= 15 is 0 Å². The van der Waals surface area contributed by atoms with Crippen LogP contribution in [0.2, 0.25) is 0 Å². The molecule has 3 N–H and O–H groups in total. The zero-order chi connectivity index (χ0) is 20.7. The molecule has 6 nitrogen and oxygen atoms in total. The van der Waals surface area contributed by atoms with E-state index in [1.807, 2.05) is 36.4 Å². The fraction of sp³-hybridized carbons (Fsp3) is 0.136. The number of hydrogen-bond acceptors (Lipinski definition) is 3. The summed E-state index contributed by atoms with van der Waals surface area (Å²) in [5.74, 6) is 0.478. The largest absolute Gasteiger partial charge is 0.351 e. The highest BCUT2D eigenvalue weighted by molar-refractivity contribution is 6.32. The van der Waals surface area contributed by atoms with E-state index in [-0.39, 0.29) is 17.2 Å². The molecule has 1 amide bonds. The molecule has 0 saturated carbocycles. The first-order chi connectivity index (χ1) is 14.6. The van der Waals surface area contributed by atoms with Crippen LogP contribution in [0.4, 0.5) is 0 Å². The van der Waals surface area contributed by atoms with E-state index in [0.29, 0.717) is 23.0 Å². The summed E-state index contributed by atoms with van der Waals surface area (Å²) in [7, 11) is 0. The summed E-state index contributed by atoms with van der Waals surface area (Å²) in [4.78, 5) is 20.5. The first kappa shape index (κ1) is 18.9. The maximum Gasteiger partial charge on any atom is 0.251 e. The lowest BCUT2D eigenvalue weighted by atomic mass is 10.00. The fourth-order valence-electron chi connectivity index (χ4n) is 3.55. The fourth-order valence-corrected chi connectivity index (χ4v) is 4.13. The SMILES string of the molecule is O=C(NCC1C=CC(Cl)=CC1Cl)c1ccc2nc(-c3n[nH]c4ccccc34)[nH]c2c1. The molecule has 0 bridgehead atoms. The van der Waals surface area contributed by atoms with Gasteiger partial charge in [-0.1, -0.05) is 35.9 Å². The molecule has 30 heavy (non-hydrogen) atoms. The molecule has 2 heterocycles. The number of amides is 1. The van der Waals surface area contributed by atoms with Crippen molar-refractivity contribution in [2.75, 3.05) is 6.54 Å². The average molecular weight is 438 g/mol. The number of allylic oxidation sites excluding steroid dienone is 3. The summed E-state index contributed by atoms with van der Waals surface area (Å²) in [6.07, 6.45) is 5.49. The number of H-pyrrole nitrogens is 2. The molecule has 4 aromatic rings. The van der Waals surface area contributed by atoms with Gasteiger partial charge in [0.05, 0.1) is 21.9 Å². The second-order valence-corrected chi connectivity index (χ2v) is 8.10. The van der Waals surface area contributed by atoms with Gasteiger partial charge in [-0.3, -0.25) is 9.89 Å². The Kier molecular flexibility index (Phi) is 4.81. The van der Waals surface area contributed by atoms with Crippen LogP contribution in [0.5, 0.6) is 0 Å². The Morgan fingerprint density at radius 1 is 1.17 bits per heavy atom. The lowest BCUT2D eigenvalue weighted by Gasteiger charge is -2.20. The summed E-state index contributed by atoms with van der Waals surface area (Å²) < 4.78 is 0. The number of aromatic amines is 2. The number of halogens is 2. The van der Waals surface area contributed by atoms with Crippen molar-refractivity contribution in [2.45, 2.75) is 5.38 Å². The van der Waals surface area contributed by atoms with Crippen molar-refractivity contribution in [3.05, 3.63) is 71.3 Å². The molecular formula is C22H17Cl2N5O. The number of nitrogens with one attached hydrogen (secondary N) is 3. The van der Waals surface area contributed by atoms with Crippen LogP contribution < -0.4 is 5.32 Å². The van der Waals surface area contributed by atoms with Crippen molar-refractivity contribution in [3.63, 3.8) is 0 Å². The molecule has 0 saturated heterocycles. The number of para-hydroxylation sites is 1. The topological polar surface area (TPSA) is 86.5 Å². The van der Waals surface area contributed by atoms with E-state index in [9.17, 15) is 4.79 Å². The molecule has 0 radical (unpaired) electrons. The molecule has 8 heteroatoms. The van der Waals surface area contributed by atoms with Gasteiger partial charge < -0.3 is 10.3 Å². The number of carbonyl (C=O) groups excluding carboxylic acids is 1. The van der Waals surface area contributed by atoms with Crippen molar-refractivity contribution in [1.29, 1.82) is 0 Å². The molecule has 5 rings (SSSR count). The molecular weight excluding hydrogens is 421 g/mol. The number of nitrogens with zero attached hydrogens (tertiary/aromatic N) is 2. The predicted molar refractivity (Wildman–Crippen MR) is 120 cm³/mol. The van der Waals surface area contributed by atoms with E-state index in [1.54, 1.807) is 24.3 Å². The zero-order valence-electron chi connectivity index (χ0n) is 15.7. The summed E-state index contributed by atoms with van der Waals surface area (Å²) >= 11 is 12.2. The second kappa shape index (κ2) is 7.63. The number of alkyl halides is 1. The third-order valence-electron chi connectivity index (χ3n) is 5.17. The quantitative estimate of drug-likeness (QED) is 0.402. The van der Waals surface area contributed by atoms with Crippen molar-refractivity contribution in [3.8, 4) is 11.5 Å². The lowest BCUT2D eigenvalue weighted by Crippen LogP contribution is -2.32. The number of carbonyl (C=O) groups is 1. The number of benzene rings is 2. The first-order valence-electron chi connectivity index (χ1n) is 9.49. The molecule has 0 aliphatic heterocycles. The minimum atomic E-state index is -0.246. The number of fused-ring (bicyclic) bond motifs is 2. The molecule has 1 aliphatic carbocycles. The van der Waals surface area contributed by atoms with E-state index in [1.165, 1.54) is 0 Å². The smallest absolute Gasteiger partial charge is 0.251 e. The standard InChI is InChI=1S/C22H17Cl2N5O/c23-14-7-5-13(16(24)10-14)11-25-22(30)12-6-8-18-19(9-12)27-21(26-18)20-15-3-1-2-4-17(15)28-29-20/h1-10,13,16H,11H2,(H,25,30)(H,26,27)(H,28,29). The Morgan fingerprint density at radius 3 is 2.90 bits per heavy atom. The highest BCUT2D eigenvalue weighted by Crippen LogP contribution is 2.26. The minimum Gasteiger partial charge on any atom is -0.351 e. The zero-order valence-corrected chi connectivity index (χ0v) is 17.2. The van der Waals surface area contributed by atoms with Crippen molar-refractivity contribution < 1.29 is 4.79 Å². The summed E-state index contributed by atoms with van der Waals surface area (Å²) in [6, 6.07) is 13.3. The van der Waals surface area contributed by atoms with Gasteiger partial charge in [0.15, 0.2) is 5.82 Å². The van der Waals surface area contributed by atoms with Gasteiger partial charge in [0.2, 0.25) is 0 Å². The average Bonchev–Trinajstić information content (AvgIpc) is 3.36. The van der Waals surface area contributed by atoms with Gasteiger partial charge in [-0.25, -0.2) is 4.98 Å². The second-order valence-electron chi connectivity index (χ2n) is 7.16. The lowest BCUT2D eigenvalue weighted by molar-refractivity contribution is 0.0950. The number of aromatic nitrogens is 4. The predicted octanol–water partition coefficient (Wildman–Crippen LogP) is 4.75. The molecule has 0 spiro atoms. The van der Waals surface area contributed by atoms with Crippen LogP contribution in [-0.2, 0) is 0 Å². The van der Waals surface area contributed by atoms with Crippen molar-refractivity contribution in [2.24, 2.45) is 5.92 Å². The minimum absolute atomic E-state index is 0.00597. The van der Waals surface area contributed by atoms with E-state index < -0.39 is 0 Å². The van der Waals surface area contributed by atoms with E-state index in [0.717, 1.165) is 27.6 Å². The van der Waals surface area contributed by atoms with Crippen LogP contribution in [0.1, 0.15) is 10.4 Å². The summed E-state index contributed by atoms with van der Waals surface area (Å²) in [6.45, 7) is 0.426. The highest BCUT2D eigenvalue weighted by Gasteiger charge is 2.20. The third-order valence-corrected chi connectivity index (χ3v) is 5.87. The molecule has 150 valence electrons. The Labute approximate surface area is 182 Å². The maximum absolute atomic E-state index is 12.6. The molecule has 0 fully saturated rings. The van der Waals surface area contributed by atoms with Crippen LogP contribution in [0.3, 0.4) is 0 Å². The van der Waals surface area contributed by atoms with Crippen molar-refractivity contribution in [1.82, 2.24) is 25.5 Å². The normalized spacial score (nSPS) is 18.7. The Morgan fingerprint density at radius 2 is 2.03 bits per heavy atom. The molecule has 1 aliphatic rings. The molecule has 2 aromatic heterocycles. The summed E-state index contributed by atoms with van der Waals surface area (Å²) in [5, 5.41) is 11.7. The third kappa shape index (κ3) is 3.49. The van der Waals surface area contributed by atoms with Gasteiger partial charge in [-0.15, -0.1) is 11.6 Å². The van der Waals surface area contributed by atoms with Gasteiger partial charge in [0.1, 0.15) is 5.69 Å². The molecule has 2 unspecified atom stereocenters. The number of imidazole rings is 1. The van der Waals surface area contributed by atoms with Crippen LogP contribution in [0.25, 0.3) is 33.5 Å². The number of rotatable bonds is 4. The van der Waals surface area contributed by atoms with Gasteiger partial charge in [0, 0.05) is 28.4 Å².